The largest absolute Gasteiger partial charge is 0.497 e. The van der Waals surface area contributed by atoms with Crippen LogP contribution in [0.15, 0.2) is 82.9 Å². The molecule has 2 heterocycles. The van der Waals surface area contributed by atoms with Gasteiger partial charge in [0.25, 0.3) is 0 Å². The highest BCUT2D eigenvalue weighted by atomic mass is 35.5. The SMILES string of the molecule is C=C(/C=C\C(Cl)=C/C)[C@@H]1N=C(c2ccc(OC)cc2OC(C)C)N(C(=O)N2CCNC(=O)C2)[C@@H]1c1ccc(C)cc1. The lowest BCUT2D eigenvalue weighted by Gasteiger charge is -2.36. The summed E-state index contributed by atoms with van der Waals surface area (Å²) in [5.41, 5.74) is 3.30. The van der Waals surface area contributed by atoms with Crippen LogP contribution in [-0.4, -0.2) is 66.5 Å². The number of ether oxygens (including phenoxy) is 2. The summed E-state index contributed by atoms with van der Waals surface area (Å²) in [7, 11) is 1.59. The van der Waals surface area contributed by atoms with Crippen molar-refractivity contribution in [3.05, 3.63) is 94.6 Å². The van der Waals surface area contributed by atoms with Crippen LogP contribution in [0.5, 0.6) is 11.5 Å². The van der Waals surface area contributed by atoms with Crippen molar-refractivity contribution in [1.82, 2.24) is 15.1 Å². The van der Waals surface area contributed by atoms with E-state index in [4.69, 9.17) is 26.1 Å². The van der Waals surface area contributed by atoms with Crippen molar-refractivity contribution in [2.75, 3.05) is 26.7 Å². The zero-order chi connectivity index (χ0) is 29.7. The Morgan fingerprint density at radius 3 is 2.56 bits per heavy atom. The molecule has 2 aliphatic rings. The molecule has 2 aliphatic heterocycles. The number of nitrogens with zero attached hydrogens (tertiary/aromatic N) is 3. The van der Waals surface area contributed by atoms with Crippen LogP contribution in [0.3, 0.4) is 0 Å². The Hall–Kier alpha value is -4.04. The van der Waals surface area contributed by atoms with Gasteiger partial charge in [0.05, 0.1) is 24.8 Å². The molecular weight excluding hydrogens is 540 g/mol. The second-order valence-corrected chi connectivity index (χ2v) is 10.7. The third kappa shape index (κ3) is 6.82. The highest BCUT2D eigenvalue weighted by Gasteiger charge is 2.45. The summed E-state index contributed by atoms with van der Waals surface area (Å²) in [5, 5.41) is 3.36. The quantitative estimate of drug-likeness (QED) is 0.404. The number of amidine groups is 1. The van der Waals surface area contributed by atoms with E-state index in [1.54, 1.807) is 35.1 Å². The van der Waals surface area contributed by atoms with Crippen LogP contribution in [0.4, 0.5) is 4.79 Å². The lowest BCUT2D eigenvalue weighted by atomic mass is 9.93. The van der Waals surface area contributed by atoms with E-state index < -0.39 is 12.1 Å². The highest BCUT2D eigenvalue weighted by Crippen LogP contribution is 2.41. The van der Waals surface area contributed by atoms with Crippen molar-refractivity contribution in [3.63, 3.8) is 0 Å². The Labute approximate surface area is 247 Å². The van der Waals surface area contributed by atoms with E-state index in [-0.39, 0.29) is 24.6 Å². The van der Waals surface area contributed by atoms with Crippen LogP contribution >= 0.6 is 11.6 Å². The van der Waals surface area contributed by atoms with Gasteiger partial charge in [0.1, 0.15) is 29.9 Å². The van der Waals surface area contributed by atoms with Crippen molar-refractivity contribution in [2.24, 2.45) is 4.99 Å². The first-order valence-corrected chi connectivity index (χ1v) is 14.0. The zero-order valence-electron chi connectivity index (χ0n) is 24.2. The number of carbonyl (C=O) groups is 2. The molecule has 0 saturated carbocycles. The van der Waals surface area contributed by atoms with Crippen LogP contribution in [0, 0.1) is 6.92 Å². The van der Waals surface area contributed by atoms with Gasteiger partial charge in [0, 0.05) is 24.2 Å². The third-order valence-corrected chi connectivity index (χ3v) is 7.25. The molecule has 216 valence electrons. The van der Waals surface area contributed by atoms with Gasteiger partial charge in [0.15, 0.2) is 0 Å². The van der Waals surface area contributed by atoms with Crippen LogP contribution in [-0.2, 0) is 4.79 Å². The minimum Gasteiger partial charge on any atom is -0.497 e. The van der Waals surface area contributed by atoms with Gasteiger partial charge in [-0.05, 0) is 57.0 Å². The Kier molecular flexibility index (Phi) is 9.55. The second-order valence-electron chi connectivity index (χ2n) is 10.3. The van der Waals surface area contributed by atoms with Crippen LogP contribution in [0.1, 0.15) is 43.5 Å². The number of allylic oxidation sites excluding steroid dienone is 3. The Morgan fingerprint density at radius 1 is 1.20 bits per heavy atom. The number of nitrogens with one attached hydrogen (secondary N) is 1. The highest BCUT2D eigenvalue weighted by molar-refractivity contribution is 6.31. The number of carbonyl (C=O) groups excluding carboxylic acids is 2. The summed E-state index contributed by atoms with van der Waals surface area (Å²) in [4.78, 5) is 35.0. The zero-order valence-corrected chi connectivity index (χ0v) is 24.9. The summed E-state index contributed by atoms with van der Waals surface area (Å²) in [6, 6.07) is 12.1. The van der Waals surface area contributed by atoms with E-state index in [1.165, 1.54) is 0 Å². The molecule has 0 aromatic heterocycles. The fraction of sp³-hybridized carbons (Fsp3) is 0.344. The smallest absolute Gasteiger partial charge is 0.326 e. The molecule has 2 aromatic rings. The van der Waals surface area contributed by atoms with Gasteiger partial charge in [-0.25, -0.2) is 4.79 Å². The van der Waals surface area contributed by atoms with E-state index in [0.29, 0.717) is 46.6 Å². The van der Waals surface area contributed by atoms with Gasteiger partial charge in [0.2, 0.25) is 5.91 Å². The summed E-state index contributed by atoms with van der Waals surface area (Å²) >= 11 is 6.26. The molecule has 41 heavy (non-hydrogen) atoms. The number of methoxy groups -OCH3 is 1. The molecule has 1 N–H and O–H groups in total. The maximum atomic E-state index is 14.4. The Morgan fingerprint density at radius 2 is 1.93 bits per heavy atom. The van der Waals surface area contributed by atoms with Gasteiger partial charge >= 0.3 is 6.03 Å². The van der Waals surface area contributed by atoms with Gasteiger partial charge in [-0.2, -0.15) is 0 Å². The number of urea groups is 1. The molecule has 4 rings (SSSR count). The maximum Gasteiger partial charge on any atom is 0.326 e. The van der Waals surface area contributed by atoms with Crippen molar-refractivity contribution >= 4 is 29.4 Å². The normalized spacial score (nSPS) is 19.4. The topological polar surface area (TPSA) is 83.5 Å². The predicted molar refractivity (Wildman–Crippen MR) is 163 cm³/mol. The fourth-order valence-corrected chi connectivity index (χ4v) is 4.89. The number of aliphatic imine (C=N–C) groups is 1. The molecule has 0 bridgehead atoms. The summed E-state index contributed by atoms with van der Waals surface area (Å²) in [6.45, 7) is 12.8. The maximum absolute atomic E-state index is 14.4. The van der Waals surface area contributed by atoms with E-state index in [2.05, 4.69) is 11.9 Å². The number of hydrogen-bond donors (Lipinski definition) is 1. The lowest BCUT2D eigenvalue weighted by molar-refractivity contribution is -0.123. The average Bonchev–Trinajstić information content (AvgIpc) is 3.35. The molecule has 0 spiro atoms. The molecular formula is C32H37ClN4O4. The first-order chi connectivity index (χ1) is 19.6. The molecule has 8 nitrogen and oxygen atoms in total. The molecule has 0 unspecified atom stereocenters. The van der Waals surface area contributed by atoms with Crippen molar-refractivity contribution in [2.45, 2.75) is 45.9 Å². The Balaban J connectivity index is 1.92. The third-order valence-electron chi connectivity index (χ3n) is 6.91. The van der Waals surface area contributed by atoms with Gasteiger partial charge in [-0.15, -0.1) is 0 Å². The van der Waals surface area contributed by atoms with E-state index >= 15 is 0 Å². The second kappa shape index (κ2) is 13.1. The number of hydrogen-bond acceptors (Lipinski definition) is 5. The first kappa shape index (κ1) is 29.9. The van der Waals surface area contributed by atoms with E-state index in [0.717, 1.165) is 11.1 Å². The fourth-order valence-electron chi connectivity index (χ4n) is 4.83. The van der Waals surface area contributed by atoms with E-state index in [9.17, 15) is 9.59 Å². The molecule has 2 aromatic carbocycles. The molecule has 1 fully saturated rings. The first-order valence-electron chi connectivity index (χ1n) is 13.7. The van der Waals surface area contributed by atoms with E-state index in [1.807, 2.05) is 70.2 Å². The molecule has 1 saturated heterocycles. The van der Waals surface area contributed by atoms with Crippen molar-refractivity contribution < 1.29 is 19.1 Å². The molecule has 0 aliphatic carbocycles. The molecule has 3 amide bonds. The minimum atomic E-state index is -0.529. The molecule has 0 radical (unpaired) electrons. The number of amides is 3. The summed E-state index contributed by atoms with van der Waals surface area (Å²) in [5.74, 6) is 1.39. The number of benzene rings is 2. The average molecular weight is 577 g/mol. The standard InChI is InChI=1S/C32H37ClN4O4/c1-7-24(33)13-10-22(5)29-30(23-11-8-21(4)9-12-23)37(32(39)36-17-16-34-28(38)19-36)31(35-29)26-15-14-25(40-6)18-27(26)41-20(2)3/h7-15,18,20,29-30H,5,16-17,19H2,1-4,6H3,(H,34,38)/b13-10-,24-7+/t29-,30+/m0/s1. The Bertz CT molecular complexity index is 1400. The number of rotatable bonds is 8. The van der Waals surface area contributed by atoms with Crippen LogP contribution in [0.25, 0.3) is 0 Å². The number of aryl methyl sites for hydroxylation is 1. The summed E-state index contributed by atoms with van der Waals surface area (Å²) in [6.07, 6.45) is 5.25. The van der Waals surface area contributed by atoms with Crippen molar-refractivity contribution in [1.29, 1.82) is 0 Å². The van der Waals surface area contributed by atoms with Crippen molar-refractivity contribution in [3.8, 4) is 11.5 Å². The number of piperazine rings is 1. The van der Waals surface area contributed by atoms with Crippen LogP contribution in [0.2, 0.25) is 0 Å². The van der Waals surface area contributed by atoms with Gasteiger partial charge in [-0.1, -0.05) is 60.2 Å². The number of halogens is 1. The van der Waals surface area contributed by atoms with Gasteiger partial charge in [-0.3, -0.25) is 14.7 Å². The monoisotopic (exact) mass is 576 g/mol. The predicted octanol–water partition coefficient (Wildman–Crippen LogP) is 5.77. The van der Waals surface area contributed by atoms with Gasteiger partial charge < -0.3 is 19.7 Å². The summed E-state index contributed by atoms with van der Waals surface area (Å²) < 4.78 is 11.7. The molecule has 2 atom stereocenters. The lowest BCUT2D eigenvalue weighted by Crippen LogP contribution is -2.55. The minimum absolute atomic E-state index is 0.0381. The van der Waals surface area contributed by atoms with Crippen LogP contribution < -0.4 is 14.8 Å². The molecule has 9 heteroatoms.